The predicted octanol–water partition coefficient (Wildman–Crippen LogP) is 5.35. The number of anilines is 2. The highest BCUT2D eigenvalue weighted by atomic mass is 32.1. The molecule has 0 spiro atoms. The maximum Gasteiger partial charge on any atom is 0.223 e. The van der Waals surface area contributed by atoms with Gasteiger partial charge >= 0.3 is 0 Å². The van der Waals surface area contributed by atoms with Gasteiger partial charge in [0.2, 0.25) is 5.95 Å². The summed E-state index contributed by atoms with van der Waals surface area (Å²) in [7, 11) is 0. The number of nitrogens with zero attached hydrogens (tertiary/aromatic N) is 3. The number of fused-ring (bicyclic) bond motifs is 1. The lowest BCUT2D eigenvalue weighted by molar-refractivity contribution is 0.408. The van der Waals surface area contributed by atoms with Crippen LogP contribution in [0.3, 0.4) is 0 Å². The minimum absolute atomic E-state index is 0.597. The molecule has 0 saturated heterocycles. The molecule has 5 N–H and O–H groups in total. The van der Waals surface area contributed by atoms with E-state index < -0.39 is 0 Å². The molecule has 164 valence electrons. The fourth-order valence-electron chi connectivity index (χ4n) is 3.63. The summed E-state index contributed by atoms with van der Waals surface area (Å²) in [5, 5.41) is 6.08. The first-order valence-corrected chi connectivity index (χ1v) is 11.4. The lowest BCUT2D eigenvalue weighted by atomic mass is 10.0. The zero-order chi connectivity index (χ0) is 22.7. The average molecular weight is 445 g/mol. The Morgan fingerprint density at radius 2 is 1.97 bits per heavy atom. The Morgan fingerprint density at radius 1 is 1.12 bits per heavy atom. The molecule has 32 heavy (non-hydrogen) atoms. The van der Waals surface area contributed by atoms with E-state index in [2.05, 4.69) is 47.6 Å². The molecule has 0 aliphatic carbocycles. The van der Waals surface area contributed by atoms with E-state index in [1.165, 1.54) is 15.6 Å². The number of nitrogens with two attached hydrogens (primary N) is 2. The van der Waals surface area contributed by atoms with Gasteiger partial charge in [-0.1, -0.05) is 35.9 Å². The van der Waals surface area contributed by atoms with Crippen molar-refractivity contribution in [2.45, 2.75) is 20.8 Å². The van der Waals surface area contributed by atoms with E-state index in [4.69, 9.17) is 16.6 Å². The highest BCUT2D eigenvalue weighted by Gasteiger charge is 2.14. The van der Waals surface area contributed by atoms with Crippen molar-refractivity contribution in [3.63, 3.8) is 0 Å². The van der Waals surface area contributed by atoms with Crippen LogP contribution in [-0.4, -0.2) is 28.1 Å². The number of benzene rings is 2. The van der Waals surface area contributed by atoms with E-state index in [9.17, 15) is 0 Å². The normalized spacial score (nSPS) is 11.4. The smallest absolute Gasteiger partial charge is 0.223 e. The Kier molecular flexibility index (Phi) is 6.39. The predicted molar refractivity (Wildman–Crippen MR) is 136 cm³/mol. The third-order valence-corrected chi connectivity index (χ3v) is 6.43. The van der Waals surface area contributed by atoms with Gasteiger partial charge in [0.05, 0.1) is 17.1 Å². The second kappa shape index (κ2) is 9.38. The van der Waals surface area contributed by atoms with Crippen LogP contribution < -0.4 is 16.9 Å². The first-order chi connectivity index (χ1) is 15.5. The summed E-state index contributed by atoms with van der Waals surface area (Å²) in [6.07, 6.45) is 5.60. The fraction of sp³-hybridized carbons (Fsp3) is 0.200. The number of aromatic nitrogens is 2. The minimum atomic E-state index is 0.597. The van der Waals surface area contributed by atoms with Crippen LogP contribution in [0.5, 0.6) is 0 Å². The third-order valence-electron chi connectivity index (χ3n) is 5.24. The number of hydrogen-bond donors (Lipinski definition) is 3. The Hall–Kier alpha value is -3.42. The molecular formula is C25H28N6S. The molecule has 0 unspecified atom stereocenters. The van der Waals surface area contributed by atoms with Crippen molar-refractivity contribution in [1.29, 1.82) is 0 Å². The van der Waals surface area contributed by atoms with E-state index in [1.54, 1.807) is 16.3 Å². The molecule has 7 heteroatoms. The molecule has 4 rings (SSSR count). The second-order valence-corrected chi connectivity index (χ2v) is 8.85. The van der Waals surface area contributed by atoms with Gasteiger partial charge in [-0.05, 0) is 49.9 Å². The Balaban J connectivity index is 1.68. The van der Waals surface area contributed by atoms with Gasteiger partial charge in [-0.2, -0.15) is 0 Å². The zero-order valence-electron chi connectivity index (χ0n) is 18.6. The van der Waals surface area contributed by atoms with Crippen molar-refractivity contribution in [3.05, 3.63) is 72.1 Å². The summed E-state index contributed by atoms with van der Waals surface area (Å²) in [4.78, 5) is 10.3. The van der Waals surface area contributed by atoms with Gasteiger partial charge in [-0.25, -0.2) is 15.8 Å². The monoisotopic (exact) mass is 444 g/mol. The van der Waals surface area contributed by atoms with Crippen molar-refractivity contribution < 1.29 is 0 Å². The summed E-state index contributed by atoms with van der Waals surface area (Å²) in [5.74, 6) is 6.47. The van der Waals surface area contributed by atoms with Crippen LogP contribution in [0.4, 0.5) is 11.6 Å². The number of nitrogen functional groups attached to an aromatic ring is 1. The number of hydrazine groups is 1. The maximum absolute atomic E-state index is 6.32. The SMILES string of the molecule is C/C=C\N(N)CCNc1ncc(C)c(-c2cc3cccc(-c4cc(C)ccc4N)c3s2)n1. The maximum atomic E-state index is 6.32. The minimum Gasteiger partial charge on any atom is -0.398 e. The number of nitrogens with one attached hydrogen (secondary N) is 1. The number of rotatable bonds is 7. The molecule has 2 aromatic carbocycles. The molecule has 0 radical (unpaired) electrons. The largest absolute Gasteiger partial charge is 0.398 e. The molecule has 0 fully saturated rings. The topological polar surface area (TPSA) is 93.1 Å². The second-order valence-electron chi connectivity index (χ2n) is 7.80. The van der Waals surface area contributed by atoms with Crippen molar-refractivity contribution in [2.24, 2.45) is 5.84 Å². The summed E-state index contributed by atoms with van der Waals surface area (Å²) < 4.78 is 1.21. The fourth-order valence-corrected chi connectivity index (χ4v) is 4.88. The van der Waals surface area contributed by atoms with Gasteiger partial charge in [0.25, 0.3) is 0 Å². The van der Waals surface area contributed by atoms with E-state index in [-0.39, 0.29) is 0 Å². The van der Waals surface area contributed by atoms with Gasteiger partial charge in [-0.3, -0.25) is 0 Å². The standard InChI is InChI=1S/C25H28N6S/c1-4-11-31(27)12-10-28-25-29-15-17(3)23(30-25)22-14-18-6-5-7-19(24(18)32-22)20-13-16(2)8-9-21(20)26/h4-9,11,13-15H,10,12,26-27H2,1-3H3,(H,28,29,30)/b11-4-. The molecule has 2 aromatic heterocycles. The van der Waals surface area contributed by atoms with Gasteiger partial charge in [0.15, 0.2) is 0 Å². The lowest BCUT2D eigenvalue weighted by Gasteiger charge is -2.14. The Labute approximate surface area is 192 Å². The van der Waals surface area contributed by atoms with E-state index in [0.717, 1.165) is 32.9 Å². The van der Waals surface area contributed by atoms with Crippen molar-refractivity contribution in [1.82, 2.24) is 15.0 Å². The first-order valence-electron chi connectivity index (χ1n) is 10.6. The highest BCUT2D eigenvalue weighted by Crippen LogP contribution is 2.41. The van der Waals surface area contributed by atoms with Crippen LogP contribution in [0.15, 0.2) is 60.9 Å². The number of allylic oxidation sites excluding steroid dienone is 1. The lowest BCUT2D eigenvalue weighted by Crippen LogP contribution is -2.30. The number of hydrogen-bond acceptors (Lipinski definition) is 7. The summed E-state index contributed by atoms with van der Waals surface area (Å²) >= 11 is 1.73. The molecule has 2 heterocycles. The summed E-state index contributed by atoms with van der Waals surface area (Å²) in [6.45, 7) is 7.36. The van der Waals surface area contributed by atoms with Gasteiger partial charge in [-0.15, -0.1) is 11.3 Å². The number of aryl methyl sites for hydroxylation is 2. The molecule has 0 bridgehead atoms. The van der Waals surface area contributed by atoms with Gasteiger partial charge < -0.3 is 16.1 Å². The average Bonchev–Trinajstić information content (AvgIpc) is 3.21. The molecule has 0 aliphatic rings. The van der Waals surface area contributed by atoms with Crippen LogP contribution in [0.1, 0.15) is 18.1 Å². The van der Waals surface area contributed by atoms with E-state index in [0.29, 0.717) is 19.0 Å². The quantitative estimate of drug-likeness (QED) is 0.202. The molecule has 0 amide bonds. The van der Waals surface area contributed by atoms with Gasteiger partial charge in [0, 0.05) is 40.5 Å². The highest BCUT2D eigenvalue weighted by molar-refractivity contribution is 7.22. The summed E-state index contributed by atoms with van der Waals surface area (Å²) in [6, 6.07) is 14.7. The molecular weight excluding hydrogens is 416 g/mol. The molecule has 6 nitrogen and oxygen atoms in total. The van der Waals surface area contributed by atoms with Crippen molar-refractivity contribution >= 4 is 33.1 Å². The molecule has 0 atom stereocenters. The zero-order valence-corrected chi connectivity index (χ0v) is 19.4. The van der Waals surface area contributed by atoms with E-state index in [1.807, 2.05) is 44.5 Å². The molecule has 4 aromatic rings. The van der Waals surface area contributed by atoms with E-state index >= 15 is 0 Å². The molecule has 0 saturated carbocycles. The van der Waals surface area contributed by atoms with Crippen LogP contribution >= 0.6 is 11.3 Å². The summed E-state index contributed by atoms with van der Waals surface area (Å²) in [5.41, 5.74) is 12.5. The Morgan fingerprint density at radius 3 is 2.78 bits per heavy atom. The molecule has 0 aliphatic heterocycles. The Bertz CT molecular complexity index is 1280. The van der Waals surface area contributed by atoms with Crippen LogP contribution in [0, 0.1) is 13.8 Å². The van der Waals surface area contributed by atoms with Crippen LogP contribution in [-0.2, 0) is 0 Å². The van der Waals surface area contributed by atoms with Crippen LogP contribution in [0.25, 0.3) is 31.8 Å². The van der Waals surface area contributed by atoms with Crippen molar-refractivity contribution in [2.75, 3.05) is 24.1 Å². The van der Waals surface area contributed by atoms with Gasteiger partial charge in [0.1, 0.15) is 0 Å². The first kappa shape index (κ1) is 21.8. The number of thiophene rings is 1. The van der Waals surface area contributed by atoms with Crippen molar-refractivity contribution in [3.8, 4) is 21.7 Å². The van der Waals surface area contributed by atoms with Crippen LogP contribution in [0.2, 0.25) is 0 Å². The third kappa shape index (κ3) is 4.59.